The predicted octanol–water partition coefficient (Wildman–Crippen LogP) is 11.1. The average molecular weight is 572 g/mol. The number of carbonyl (C=O) groups is 2. The second-order valence-corrected chi connectivity index (χ2v) is 10.2. The van der Waals surface area contributed by atoms with Crippen molar-refractivity contribution in [2.75, 3.05) is 0 Å². The molecule has 0 bridgehead atoms. The Morgan fingerprint density at radius 1 is 0.952 bits per heavy atom. The Balaban J connectivity index is 0.00000130. The summed E-state index contributed by atoms with van der Waals surface area (Å²) in [6.07, 6.45) is 13.0. The Hall–Kier alpha value is -3.33. The molecule has 2 aromatic carbocycles. The quantitative estimate of drug-likeness (QED) is 0.210. The van der Waals surface area contributed by atoms with Gasteiger partial charge in [0, 0.05) is 35.9 Å². The van der Waals surface area contributed by atoms with E-state index in [1.54, 1.807) is 0 Å². The van der Waals surface area contributed by atoms with Crippen molar-refractivity contribution in [3.63, 3.8) is 0 Å². The second-order valence-electron chi connectivity index (χ2n) is 10.2. The van der Waals surface area contributed by atoms with Crippen molar-refractivity contribution < 1.29 is 9.59 Å². The van der Waals surface area contributed by atoms with Gasteiger partial charge in [0.1, 0.15) is 0 Å². The third kappa shape index (κ3) is 13.6. The van der Waals surface area contributed by atoms with Crippen molar-refractivity contribution in [2.45, 2.75) is 108 Å². The summed E-state index contributed by atoms with van der Waals surface area (Å²) in [5.74, 6) is 0.470. The van der Waals surface area contributed by atoms with Crippen molar-refractivity contribution in [3.05, 3.63) is 101 Å². The fraction of sp³-hybridized carbons (Fsp3) is 0.462. The summed E-state index contributed by atoms with van der Waals surface area (Å²) in [5, 5.41) is 0. The molecule has 0 aliphatic heterocycles. The van der Waals surface area contributed by atoms with Crippen molar-refractivity contribution in [1.29, 1.82) is 0 Å². The predicted molar refractivity (Wildman–Crippen MR) is 185 cm³/mol. The lowest BCUT2D eigenvalue weighted by Crippen LogP contribution is -2.27. The monoisotopic (exact) mass is 571 g/mol. The van der Waals surface area contributed by atoms with Gasteiger partial charge >= 0.3 is 0 Å². The summed E-state index contributed by atoms with van der Waals surface area (Å²) in [6.45, 7) is 20.1. The second kappa shape index (κ2) is 23.3. The first-order valence-corrected chi connectivity index (χ1v) is 16.0. The van der Waals surface area contributed by atoms with E-state index in [4.69, 9.17) is 0 Å². The summed E-state index contributed by atoms with van der Waals surface area (Å²) in [6, 6.07) is 18.4. The number of hydrogen-bond donors (Lipinski definition) is 0. The van der Waals surface area contributed by atoms with Gasteiger partial charge in [0.05, 0.1) is 0 Å². The van der Waals surface area contributed by atoms with E-state index in [9.17, 15) is 9.59 Å². The Morgan fingerprint density at radius 3 is 2.12 bits per heavy atom. The number of benzene rings is 2. The first-order chi connectivity index (χ1) is 20.3. The minimum atomic E-state index is -0.213. The number of unbranched alkanes of at least 4 members (excludes halogenated alkanes) is 2. The molecule has 0 aromatic heterocycles. The van der Waals surface area contributed by atoms with Gasteiger partial charge in [0.2, 0.25) is 0 Å². The Morgan fingerprint density at radius 2 is 1.57 bits per heavy atom. The van der Waals surface area contributed by atoms with Gasteiger partial charge < -0.3 is 0 Å². The van der Waals surface area contributed by atoms with E-state index in [-0.39, 0.29) is 17.5 Å². The first kappa shape index (κ1) is 38.7. The van der Waals surface area contributed by atoms with E-state index < -0.39 is 0 Å². The fourth-order valence-corrected chi connectivity index (χ4v) is 4.70. The van der Waals surface area contributed by atoms with Gasteiger partial charge in [-0.05, 0) is 69.1 Å². The average Bonchev–Trinajstić information content (AvgIpc) is 3.00. The van der Waals surface area contributed by atoms with E-state index >= 15 is 0 Å². The lowest BCUT2D eigenvalue weighted by molar-refractivity contribution is -0.125. The van der Waals surface area contributed by atoms with Crippen LogP contribution in [0.15, 0.2) is 89.1 Å². The molecule has 1 aliphatic rings. The summed E-state index contributed by atoms with van der Waals surface area (Å²) in [4.78, 5) is 30.2. The molecule has 0 heterocycles. The molecule has 3 rings (SSSR count). The highest BCUT2D eigenvalue weighted by atomic mass is 16.1. The maximum Gasteiger partial charge on any atom is 0.164 e. The topological polar surface area (TPSA) is 46.5 Å². The van der Waals surface area contributed by atoms with Gasteiger partial charge in [-0.15, -0.1) is 0 Å². The van der Waals surface area contributed by atoms with Crippen LogP contribution < -0.4 is 0 Å². The molecule has 2 unspecified atom stereocenters. The van der Waals surface area contributed by atoms with E-state index in [0.717, 1.165) is 42.4 Å². The molecule has 0 amide bonds. The van der Waals surface area contributed by atoms with Crippen LogP contribution in [0.25, 0.3) is 5.57 Å². The van der Waals surface area contributed by atoms with Gasteiger partial charge in [0.25, 0.3) is 0 Å². The van der Waals surface area contributed by atoms with Gasteiger partial charge in [-0.2, -0.15) is 0 Å². The summed E-state index contributed by atoms with van der Waals surface area (Å²) in [7, 11) is 0. The van der Waals surface area contributed by atoms with Crippen LogP contribution >= 0.6 is 0 Å². The summed E-state index contributed by atoms with van der Waals surface area (Å²) < 4.78 is 0. The molecule has 1 aliphatic carbocycles. The lowest BCUT2D eigenvalue weighted by atomic mass is 9.76. The van der Waals surface area contributed by atoms with E-state index in [0.29, 0.717) is 29.9 Å². The highest BCUT2D eigenvalue weighted by Crippen LogP contribution is 2.36. The molecule has 0 saturated heterocycles. The van der Waals surface area contributed by atoms with Crippen LogP contribution in [0.3, 0.4) is 0 Å². The first-order valence-electron chi connectivity index (χ1n) is 16.0. The Labute approximate surface area is 258 Å². The Kier molecular flexibility index (Phi) is 21.4. The van der Waals surface area contributed by atoms with Gasteiger partial charge in [-0.1, -0.05) is 127 Å². The molecular formula is C39H57NO2. The van der Waals surface area contributed by atoms with Crippen LogP contribution in [0.4, 0.5) is 0 Å². The maximum atomic E-state index is 13.1. The highest BCUT2D eigenvalue weighted by Gasteiger charge is 2.33. The number of carbonyl (C=O) groups excluding carboxylic acids is 2. The van der Waals surface area contributed by atoms with Crippen LogP contribution in [0, 0.1) is 25.7 Å². The van der Waals surface area contributed by atoms with E-state index in [1.165, 1.54) is 5.56 Å². The number of allylic oxidation sites excluding steroid dienone is 5. The van der Waals surface area contributed by atoms with E-state index in [2.05, 4.69) is 56.1 Å². The molecular weight excluding hydrogens is 514 g/mol. The number of hydrogen-bond acceptors (Lipinski definition) is 3. The van der Waals surface area contributed by atoms with Crippen molar-refractivity contribution in [2.24, 2.45) is 16.8 Å². The van der Waals surface area contributed by atoms with Crippen LogP contribution in [-0.4, -0.2) is 17.8 Å². The molecule has 2 atom stereocenters. The largest absolute Gasteiger partial charge is 0.294 e. The van der Waals surface area contributed by atoms with Gasteiger partial charge in [0.15, 0.2) is 11.6 Å². The lowest BCUT2D eigenvalue weighted by Gasteiger charge is -2.25. The van der Waals surface area contributed by atoms with Gasteiger partial charge in [-0.25, -0.2) is 0 Å². The number of ketones is 2. The molecule has 3 heteroatoms. The summed E-state index contributed by atoms with van der Waals surface area (Å²) in [5.41, 5.74) is 5.82. The number of Topliss-reactive ketones (excluding diaryl/α,β-unsaturated/α-hetero) is 2. The number of rotatable bonds is 10. The molecule has 3 nitrogen and oxygen atoms in total. The van der Waals surface area contributed by atoms with Crippen molar-refractivity contribution in [3.8, 4) is 0 Å². The van der Waals surface area contributed by atoms with Crippen molar-refractivity contribution in [1.82, 2.24) is 0 Å². The van der Waals surface area contributed by atoms with Crippen LogP contribution in [-0.2, 0) is 9.59 Å². The van der Waals surface area contributed by atoms with Crippen LogP contribution in [0.5, 0.6) is 0 Å². The molecule has 0 fully saturated rings. The highest BCUT2D eigenvalue weighted by molar-refractivity contribution is 6.20. The maximum absolute atomic E-state index is 13.1. The Bertz CT molecular complexity index is 1170. The molecule has 230 valence electrons. The number of nitrogens with zero attached hydrogens (tertiary/aromatic N) is 1. The zero-order chi connectivity index (χ0) is 31.9. The SMILES string of the molecule is C/C=C\N=CC(C)CCCC/C=C(/C1=C(CC)C(=O)C(C)CC1=O)c1ccccc1C.CC.CC.Cc1ccccc1. The number of aryl methyl sites for hydroxylation is 2. The number of aliphatic imine (C=N–C) groups is 1. The zero-order valence-electron chi connectivity index (χ0n) is 28.2. The smallest absolute Gasteiger partial charge is 0.164 e. The van der Waals surface area contributed by atoms with E-state index in [1.807, 2.05) is 97.3 Å². The fourth-order valence-electron chi connectivity index (χ4n) is 4.70. The molecule has 42 heavy (non-hydrogen) atoms. The molecule has 0 spiro atoms. The zero-order valence-corrected chi connectivity index (χ0v) is 28.2. The molecule has 0 radical (unpaired) electrons. The van der Waals surface area contributed by atoms with Gasteiger partial charge in [-0.3, -0.25) is 14.6 Å². The third-order valence-corrected chi connectivity index (χ3v) is 6.85. The molecule has 0 N–H and O–H groups in total. The van der Waals surface area contributed by atoms with Crippen LogP contribution in [0.1, 0.15) is 111 Å². The third-order valence-electron chi connectivity index (χ3n) is 6.85. The minimum absolute atomic E-state index is 0.104. The van der Waals surface area contributed by atoms with Crippen LogP contribution in [0.2, 0.25) is 0 Å². The normalized spacial score (nSPS) is 15.9. The minimum Gasteiger partial charge on any atom is -0.294 e. The molecule has 0 saturated carbocycles. The standard InChI is InChI=1S/C28H37NO2.C7H8.2C2H6/c1-6-17-29-19-20(3)13-9-8-10-16-25(24-15-12-11-14-21(24)4)27-23(7-2)28(31)22(5)18-26(27)30;1-7-5-3-2-4-6-7;2*1-2/h6,11-12,14-17,19-20,22H,7-10,13,18H2,1-5H3;2-6H,1H3;2*1-2H3/b17-6-,25-16+,29-19?;;;. The van der Waals surface area contributed by atoms with Crippen molar-refractivity contribution >= 4 is 23.4 Å². The molecule has 2 aromatic rings. The summed E-state index contributed by atoms with van der Waals surface area (Å²) >= 11 is 0.